The smallest absolute Gasteiger partial charge is 0.233 e. The summed E-state index contributed by atoms with van der Waals surface area (Å²) in [6.07, 6.45) is -17.1. The van der Waals surface area contributed by atoms with Gasteiger partial charge >= 0.3 is 0 Å². The maximum absolute atomic E-state index is 13.8. The van der Waals surface area contributed by atoms with Gasteiger partial charge in [0, 0.05) is 5.69 Å². The molecule has 13 atom stereocenters. The number of aliphatic hydroxyl groups excluding tert-OH is 8. The zero-order chi connectivity index (χ0) is 43.7. The Bertz CT molecular complexity index is 2210. The number of β-lactam (4-membered cyclic amide) rings is 1. The average molecular weight is 872 g/mol. The van der Waals surface area contributed by atoms with Gasteiger partial charge in [-0.05, 0) is 83.6 Å². The Morgan fingerprint density at radius 1 is 0.672 bits per heavy atom. The van der Waals surface area contributed by atoms with Gasteiger partial charge in [0.25, 0.3) is 0 Å². The summed E-state index contributed by atoms with van der Waals surface area (Å²) >= 11 is 0. The first kappa shape index (κ1) is 44.8. The SMILES string of the molecule is O=C1[C@H](CC[C@H](O)c2ccc(F)cc2)[C@@H](c2ccc(-c3ccc(S(=O)(=O)CC4O[C@H](CO)C(OC5O[C@H](CO)[C@@H](O)[C@H](O)[C@H]5O)[C@H](O)[C@H]4O)cc3)cc2)N1c1ccc(F)cc1. The predicted octanol–water partition coefficient (Wildman–Crippen LogP) is 1.29. The van der Waals surface area contributed by atoms with E-state index in [1.165, 1.54) is 60.7 Å². The Labute approximate surface area is 349 Å². The Balaban J connectivity index is 1.02. The van der Waals surface area contributed by atoms with Crippen LogP contribution in [0.15, 0.2) is 102 Å². The van der Waals surface area contributed by atoms with Crippen molar-refractivity contribution in [2.45, 2.75) is 91.1 Å². The molecule has 3 fully saturated rings. The van der Waals surface area contributed by atoms with Crippen LogP contribution in [0.4, 0.5) is 14.5 Å². The highest BCUT2D eigenvalue weighted by Gasteiger charge is 2.51. The molecule has 3 aliphatic heterocycles. The van der Waals surface area contributed by atoms with Crippen molar-refractivity contribution < 1.29 is 77.1 Å². The summed E-state index contributed by atoms with van der Waals surface area (Å²) in [5.41, 5.74) is 3.14. The van der Waals surface area contributed by atoms with E-state index in [0.717, 1.165) is 5.56 Å². The quantitative estimate of drug-likeness (QED) is 0.0834. The number of ether oxygens (including phenoxy) is 3. The molecule has 15 nitrogen and oxygen atoms in total. The van der Waals surface area contributed by atoms with Crippen molar-refractivity contribution in [2.75, 3.05) is 23.9 Å². The molecular formula is C43H47F2NO14S. The third kappa shape index (κ3) is 9.27. The molecule has 0 saturated carbocycles. The Morgan fingerprint density at radius 3 is 1.82 bits per heavy atom. The number of carbonyl (C=O) groups is 1. The largest absolute Gasteiger partial charge is 0.394 e. The van der Waals surface area contributed by atoms with Crippen molar-refractivity contribution in [1.82, 2.24) is 0 Å². The number of nitrogens with zero attached hydrogens (tertiary/aromatic N) is 1. The molecule has 0 bridgehead atoms. The van der Waals surface area contributed by atoms with Crippen molar-refractivity contribution in [2.24, 2.45) is 5.92 Å². The van der Waals surface area contributed by atoms with Crippen molar-refractivity contribution >= 4 is 21.4 Å². The van der Waals surface area contributed by atoms with E-state index in [1.54, 1.807) is 29.2 Å². The van der Waals surface area contributed by atoms with Crippen LogP contribution in [0.2, 0.25) is 0 Å². The van der Waals surface area contributed by atoms with Gasteiger partial charge in [0.2, 0.25) is 5.91 Å². The summed E-state index contributed by atoms with van der Waals surface area (Å²) in [6.45, 7) is -1.58. The second-order valence-electron chi connectivity index (χ2n) is 15.5. The van der Waals surface area contributed by atoms with Crippen molar-refractivity contribution in [1.29, 1.82) is 0 Å². The first-order valence-corrected chi connectivity index (χ1v) is 21.3. The van der Waals surface area contributed by atoms with Crippen LogP contribution in [-0.2, 0) is 28.8 Å². The molecule has 4 aromatic rings. The summed E-state index contributed by atoms with van der Waals surface area (Å²) in [5.74, 6) is -2.41. The van der Waals surface area contributed by atoms with Gasteiger partial charge in [0.05, 0.1) is 41.9 Å². The standard InChI is InChI=1S/C43H47F2NO14S/c44-26-9-5-24(6-10-26)31(49)18-17-30-35(46(42(30)55)28-13-11-27(45)12-14-28)25-3-1-22(2-4-25)23-7-15-29(16-8-23)61(56,57)21-34-37(51)39(53)41(33(20-48)58-34)60-43-40(54)38(52)36(50)32(19-47)59-43/h1-16,30-41,43,47-54H,17-21H2/t30-,31+,32-,33-,34?,35-,36-,37+,38+,39-,40-,41?,43?/m1/s1. The van der Waals surface area contributed by atoms with Crippen LogP contribution in [0.3, 0.4) is 0 Å². The van der Waals surface area contributed by atoms with Crippen LogP contribution in [0.5, 0.6) is 0 Å². The van der Waals surface area contributed by atoms with Crippen LogP contribution in [-0.4, -0.2) is 135 Å². The molecule has 3 unspecified atom stereocenters. The summed E-state index contributed by atoms with van der Waals surface area (Å²) < 4.78 is 70.9. The molecule has 3 saturated heterocycles. The van der Waals surface area contributed by atoms with E-state index in [9.17, 15) is 62.8 Å². The van der Waals surface area contributed by atoms with Gasteiger partial charge in [-0.15, -0.1) is 0 Å². The molecule has 328 valence electrons. The van der Waals surface area contributed by atoms with Crippen LogP contribution in [0.1, 0.15) is 36.1 Å². The molecule has 7 rings (SSSR count). The number of hydrogen-bond acceptors (Lipinski definition) is 14. The summed E-state index contributed by atoms with van der Waals surface area (Å²) in [5, 5.41) is 82.7. The Kier molecular flexibility index (Phi) is 13.6. The number of carbonyl (C=O) groups excluding carboxylic acids is 1. The molecular weight excluding hydrogens is 825 g/mol. The zero-order valence-corrected chi connectivity index (χ0v) is 33.2. The van der Waals surface area contributed by atoms with Crippen molar-refractivity contribution in [3.05, 3.63) is 120 Å². The lowest BCUT2D eigenvalue weighted by Crippen LogP contribution is -2.65. The lowest BCUT2D eigenvalue weighted by molar-refractivity contribution is -0.341. The topological polar surface area (TPSA) is 244 Å². The first-order valence-electron chi connectivity index (χ1n) is 19.7. The van der Waals surface area contributed by atoms with Crippen LogP contribution < -0.4 is 4.90 Å². The van der Waals surface area contributed by atoms with Gasteiger partial charge in [-0.1, -0.05) is 48.5 Å². The normalized spacial score (nSPS) is 31.1. The molecule has 0 aromatic heterocycles. The van der Waals surface area contributed by atoms with Gasteiger partial charge < -0.3 is 60.0 Å². The van der Waals surface area contributed by atoms with E-state index in [1.807, 2.05) is 12.1 Å². The molecule has 0 aliphatic carbocycles. The first-order chi connectivity index (χ1) is 29.1. The lowest BCUT2D eigenvalue weighted by Gasteiger charge is -2.48. The predicted molar refractivity (Wildman–Crippen MR) is 211 cm³/mol. The number of aliphatic hydroxyl groups is 8. The molecule has 0 radical (unpaired) electrons. The molecule has 1 amide bonds. The molecule has 3 aliphatic rings. The molecule has 4 aromatic carbocycles. The minimum Gasteiger partial charge on any atom is -0.394 e. The highest BCUT2D eigenvalue weighted by atomic mass is 32.2. The maximum Gasteiger partial charge on any atom is 0.233 e. The van der Waals surface area contributed by atoms with E-state index in [0.29, 0.717) is 28.8 Å². The van der Waals surface area contributed by atoms with Crippen LogP contribution in [0, 0.1) is 17.6 Å². The van der Waals surface area contributed by atoms with Crippen molar-refractivity contribution in [3.63, 3.8) is 0 Å². The Morgan fingerprint density at radius 2 is 1.23 bits per heavy atom. The van der Waals surface area contributed by atoms with Crippen LogP contribution >= 0.6 is 0 Å². The number of halogens is 2. The summed E-state index contributed by atoms with van der Waals surface area (Å²) in [7, 11) is -4.18. The van der Waals surface area contributed by atoms with Gasteiger partial charge in [-0.2, -0.15) is 0 Å². The lowest BCUT2D eigenvalue weighted by atomic mass is 9.78. The highest BCUT2D eigenvalue weighted by molar-refractivity contribution is 7.91. The van der Waals surface area contributed by atoms with E-state index in [2.05, 4.69) is 0 Å². The Hall–Kier alpha value is -4.28. The number of benzene rings is 4. The summed E-state index contributed by atoms with van der Waals surface area (Å²) in [4.78, 5) is 15.0. The number of amides is 1. The molecule has 0 spiro atoms. The van der Waals surface area contributed by atoms with Crippen LogP contribution in [0.25, 0.3) is 11.1 Å². The fourth-order valence-electron chi connectivity index (χ4n) is 8.13. The molecule has 3 heterocycles. The maximum atomic E-state index is 13.8. The number of rotatable bonds is 14. The van der Waals surface area contributed by atoms with Gasteiger partial charge in [-0.25, -0.2) is 17.2 Å². The number of anilines is 1. The number of sulfone groups is 1. The number of hydrogen-bond donors (Lipinski definition) is 8. The highest BCUT2D eigenvalue weighted by Crippen LogP contribution is 2.46. The third-order valence-electron chi connectivity index (χ3n) is 11.6. The minimum absolute atomic E-state index is 0.132. The minimum atomic E-state index is -4.18. The van der Waals surface area contributed by atoms with Gasteiger partial charge in [0.15, 0.2) is 16.1 Å². The van der Waals surface area contributed by atoms with E-state index in [4.69, 9.17) is 14.2 Å². The second kappa shape index (κ2) is 18.6. The molecule has 18 heteroatoms. The van der Waals surface area contributed by atoms with E-state index < -0.39 is 120 Å². The second-order valence-corrected chi connectivity index (χ2v) is 17.5. The fourth-order valence-corrected chi connectivity index (χ4v) is 9.59. The van der Waals surface area contributed by atoms with Crippen molar-refractivity contribution in [3.8, 4) is 11.1 Å². The molecule has 61 heavy (non-hydrogen) atoms. The van der Waals surface area contributed by atoms with E-state index >= 15 is 0 Å². The van der Waals surface area contributed by atoms with Gasteiger partial charge in [-0.3, -0.25) is 4.79 Å². The third-order valence-corrected chi connectivity index (χ3v) is 13.4. The van der Waals surface area contributed by atoms with Gasteiger partial charge in [0.1, 0.15) is 66.6 Å². The monoisotopic (exact) mass is 871 g/mol. The fraction of sp³-hybridized carbons (Fsp3) is 0.419. The molecule has 8 N–H and O–H groups in total. The average Bonchev–Trinajstić information content (AvgIpc) is 3.26. The van der Waals surface area contributed by atoms with E-state index in [-0.39, 0.29) is 17.2 Å². The zero-order valence-electron chi connectivity index (χ0n) is 32.4. The summed E-state index contributed by atoms with van der Waals surface area (Å²) in [6, 6.07) is 23.8.